The molecule has 0 heterocycles. The third-order valence-electron chi connectivity index (χ3n) is 5.16. The second-order valence-electron chi connectivity index (χ2n) is 7.36. The van der Waals surface area contributed by atoms with Crippen molar-refractivity contribution in [1.82, 2.24) is 0 Å². The van der Waals surface area contributed by atoms with Crippen LogP contribution in [0, 0.1) is 11.8 Å². The molecule has 8 nitrogen and oxygen atoms in total. The van der Waals surface area contributed by atoms with E-state index in [0.717, 1.165) is 25.7 Å². The van der Waals surface area contributed by atoms with Crippen LogP contribution >= 0.6 is 0 Å². The smallest absolute Gasteiger partial charge is 0.744 e. The molecule has 1 fully saturated rings. The Hall–Kier alpha value is -0.140. The molecule has 0 aromatic heterocycles. The fourth-order valence-corrected chi connectivity index (χ4v) is 4.34. The summed E-state index contributed by atoms with van der Waals surface area (Å²) < 4.78 is 77.0. The molecule has 0 spiro atoms. The summed E-state index contributed by atoms with van der Waals surface area (Å²) in [6.07, 6.45) is 3.87. The molecule has 0 saturated heterocycles. The SMILES string of the molecule is O=S(=O)([O-])c1ccc(OCC2CCC(COc3ccc(S(=O)(=O)[O-])cc3)CC2)cc1.[Na+].[Na+]. The van der Waals surface area contributed by atoms with Gasteiger partial charge in [-0.05, 0) is 86.1 Å². The number of hydrogen-bond donors (Lipinski definition) is 0. The molecule has 0 radical (unpaired) electrons. The van der Waals surface area contributed by atoms with Crippen LogP contribution in [0.3, 0.4) is 0 Å². The summed E-state index contributed by atoms with van der Waals surface area (Å²) in [6, 6.07) is 10.9. The van der Waals surface area contributed by atoms with Gasteiger partial charge in [0.15, 0.2) is 0 Å². The van der Waals surface area contributed by atoms with E-state index in [0.29, 0.717) is 36.5 Å². The Bertz CT molecular complexity index is 960. The predicted octanol–water partition coefficient (Wildman–Crippen LogP) is -3.23. The standard InChI is InChI=1S/C20H24O8S2.2Na/c21-29(22,23)19-9-5-17(6-10-19)27-13-15-1-2-16(4-3-15)14-28-18-7-11-20(12-8-18)30(24,25)26;;/h5-12,15-16H,1-4,13-14H2,(H,21,22,23)(H,24,25,26);;/q;2*+1/p-2. The molecular weight excluding hydrogens is 478 g/mol. The second-order valence-corrected chi connectivity index (χ2v) is 10.1. The molecule has 0 bridgehead atoms. The van der Waals surface area contributed by atoms with Crippen molar-refractivity contribution in [3.63, 3.8) is 0 Å². The summed E-state index contributed by atoms with van der Waals surface area (Å²) in [5, 5.41) is 0. The van der Waals surface area contributed by atoms with Crippen LogP contribution in [0.1, 0.15) is 25.7 Å². The molecule has 0 aliphatic heterocycles. The Labute approximate surface area is 233 Å². The maximum absolute atomic E-state index is 10.9. The molecule has 2 aromatic carbocycles. The molecule has 3 rings (SSSR count). The Morgan fingerprint density at radius 2 is 0.906 bits per heavy atom. The summed E-state index contributed by atoms with van der Waals surface area (Å²) >= 11 is 0. The van der Waals surface area contributed by atoms with Gasteiger partial charge in [0, 0.05) is 0 Å². The van der Waals surface area contributed by atoms with Gasteiger partial charge in [0.05, 0.1) is 23.0 Å². The normalized spacial score (nSPS) is 18.7. The average molecular weight is 501 g/mol. The number of hydrogen-bond acceptors (Lipinski definition) is 8. The Balaban J connectivity index is 0.00000256. The number of benzene rings is 2. The van der Waals surface area contributed by atoms with Crippen molar-refractivity contribution in [1.29, 1.82) is 0 Å². The van der Waals surface area contributed by atoms with Crippen molar-refractivity contribution in [3.8, 4) is 11.5 Å². The van der Waals surface area contributed by atoms with Crippen LogP contribution in [0.5, 0.6) is 11.5 Å². The van der Waals surface area contributed by atoms with Gasteiger partial charge in [-0.25, -0.2) is 16.8 Å². The maximum atomic E-state index is 10.9. The minimum Gasteiger partial charge on any atom is -0.744 e. The van der Waals surface area contributed by atoms with E-state index in [2.05, 4.69) is 0 Å². The topological polar surface area (TPSA) is 133 Å². The molecule has 2 aromatic rings. The van der Waals surface area contributed by atoms with Crippen molar-refractivity contribution in [2.75, 3.05) is 13.2 Å². The molecule has 164 valence electrons. The zero-order valence-electron chi connectivity index (χ0n) is 18.1. The van der Waals surface area contributed by atoms with Gasteiger partial charge in [0.25, 0.3) is 0 Å². The van der Waals surface area contributed by atoms with Gasteiger partial charge in [0.2, 0.25) is 0 Å². The van der Waals surface area contributed by atoms with E-state index in [1.807, 2.05) is 0 Å². The van der Waals surface area contributed by atoms with E-state index >= 15 is 0 Å². The summed E-state index contributed by atoms with van der Waals surface area (Å²) in [6.45, 7) is 1.03. The molecule has 0 amide bonds. The van der Waals surface area contributed by atoms with E-state index in [-0.39, 0.29) is 68.9 Å². The molecule has 1 saturated carbocycles. The Morgan fingerprint density at radius 1 is 0.625 bits per heavy atom. The largest absolute Gasteiger partial charge is 1.00 e. The van der Waals surface area contributed by atoms with E-state index in [9.17, 15) is 25.9 Å². The van der Waals surface area contributed by atoms with Gasteiger partial charge < -0.3 is 18.6 Å². The van der Waals surface area contributed by atoms with Crippen LogP contribution in [0.4, 0.5) is 0 Å². The third kappa shape index (κ3) is 9.25. The van der Waals surface area contributed by atoms with Gasteiger partial charge >= 0.3 is 59.1 Å². The zero-order chi connectivity index (χ0) is 21.8. The summed E-state index contributed by atoms with van der Waals surface area (Å²) in [4.78, 5) is -0.556. The van der Waals surface area contributed by atoms with E-state index in [1.54, 1.807) is 0 Å². The van der Waals surface area contributed by atoms with Crippen LogP contribution in [-0.4, -0.2) is 39.2 Å². The van der Waals surface area contributed by atoms with Crippen molar-refractivity contribution >= 4 is 20.2 Å². The number of ether oxygens (including phenoxy) is 2. The Morgan fingerprint density at radius 3 is 1.16 bits per heavy atom. The minimum atomic E-state index is -4.45. The first-order valence-corrected chi connectivity index (χ1v) is 12.3. The van der Waals surface area contributed by atoms with E-state index < -0.39 is 20.2 Å². The fraction of sp³-hybridized carbons (Fsp3) is 0.400. The molecule has 1 aliphatic rings. The van der Waals surface area contributed by atoms with Gasteiger partial charge in [-0.1, -0.05) is 0 Å². The second kappa shape index (κ2) is 13.1. The summed E-state index contributed by atoms with van der Waals surface area (Å²) in [5.74, 6) is 1.81. The minimum absolute atomic E-state index is 0. The first-order chi connectivity index (χ1) is 14.1. The molecule has 1 aliphatic carbocycles. The first kappa shape index (κ1) is 29.9. The maximum Gasteiger partial charge on any atom is 1.00 e. The monoisotopic (exact) mass is 500 g/mol. The van der Waals surface area contributed by atoms with Crippen LogP contribution in [0.2, 0.25) is 0 Å². The fourth-order valence-electron chi connectivity index (χ4n) is 3.40. The molecule has 32 heavy (non-hydrogen) atoms. The molecular formula is C20H22Na2O8S2. The van der Waals surface area contributed by atoms with Crippen LogP contribution < -0.4 is 68.6 Å². The third-order valence-corrected chi connectivity index (χ3v) is 6.86. The Kier molecular flexibility index (Phi) is 12.2. The van der Waals surface area contributed by atoms with Crippen molar-refractivity contribution in [2.45, 2.75) is 35.5 Å². The first-order valence-electron chi connectivity index (χ1n) is 9.49. The van der Waals surface area contributed by atoms with Crippen molar-refractivity contribution in [2.24, 2.45) is 11.8 Å². The van der Waals surface area contributed by atoms with Gasteiger partial charge in [-0.2, -0.15) is 0 Å². The van der Waals surface area contributed by atoms with Gasteiger partial charge in [-0.15, -0.1) is 0 Å². The summed E-state index contributed by atoms with van der Waals surface area (Å²) in [7, 11) is -8.91. The molecule has 0 N–H and O–H groups in total. The van der Waals surface area contributed by atoms with Crippen molar-refractivity contribution < 1.29 is 94.5 Å². The van der Waals surface area contributed by atoms with Gasteiger partial charge in [0.1, 0.15) is 31.7 Å². The molecule has 0 atom stereocenters. The van der Waals surface area contributed by atoms with Crippen LogP contribution in [0.25, 0.3) is 0 Å². The van der Waals surface area contributed by atoms with Crippen molar-refractivity contribution in [3.05, 3.63) is 48.5 Å². The molecule has 0 unspecified atom stereocenters. The van der Waals surface area contributed by atoms with Gasteiger partial charge in [-0.3, -0.25) is 0 Å². The van der Waals surface area contributed by atoms with E-state index in [4.69, 9.17) is 9.47 Å². The molecule has 12 heteroatoms. The average Bonchev–Trinajstić information content (AvgIpc) is 2.71. The van der Waals surface area contributed by atoms with Crippen LogP contribution in [0.15, 0.2) is 58.3 Å². The summed E-state index contributed by atoms with van der Waals surface area (Å²) in [5.41, 5.74) is 0. The predicted molar refractivity (Wildman–Crippen MR) is 105 cm³/mol. The zero-order valence-corrected chi connectivity index (χ0v) is 23.7. The van der Waals surface area contributed by atoms with E-state index in [1.165, 1.54) is 48.5 Å². The number of rotatable bonds is 8. The van der Waals surface area contributed by atoms with Crippen LogP contribution in [-0.2, 0) is 20.2 Å². The quantitative estimate of drug-likeness (QED) is 0.273.